The van der Waals surface area contributed by atoms with Gasteiger partial charge < -0.3 is 0 Å². The number of benzene rings is 1. The van der Waals surface area contributed by atoms with Gasteiger partial charge in [-0.05, 0) is 31.7 Å². The maximum absolute atomic E-state index is 12.4. The van der Waals surface area contributed by atoms with Gasteiger partial charge in [0.05, 0.1) is 12.1 Å². The lowest BCUT2D eigenvalue weighted by atomic mass is 9.73. The molecule has 0 amide bonds. The van der Waals surface area contributed by atoms with E-state index in [9.17, 15) is 4.79 Å². The summed E-state index contributed by atoms with van der Waals surface area (Å²) in [5, 5.41) is 2.05. The van der Waals surface area contributed by atoms with E-state index < -0.39 is 0 Å². The Morgan fingerprint density at radius 1 is 1.29 bits per heavy atom. The average molecular weight is 285 g/mol. The minimum absolute atomic E-state index is 0.0264. The van der Waals surface area contributed by atoms with E-state index in [0.29, 0.717) is 6.54 Å². The van der Waals surface area contributed by atoms with Crippen LogP contribution in [0.5, 0.6) is 0 Å². The van der Waals surface area contributed by atoms with E-state index in [1.165, 1.54) is 5.56 Å². The van der Waals surface area contributed by atoms with E-state index in [1.54, 1.807) is 0 Å². The molecule has 2 aliphatic rings. The molecule has 1 heterocycles. The summed E-state index contributed by atoms with van der Waals surface area (Å²) < 4.78 is 0. The van der Waals surface area contributed by atoms with Crippen LogP contribution in [0.15, 0.2) is 42.5 Å². The van der Waals surface area contributed by atoms with E-state index >= 15 is 0 Å². The van der Waals surface area contributed by atoms with Crippen molar-refractivity contribution in [3.05, 3.63) is 48.0 Å². The molecule has 3 heteroatoms. The number of rotatable bonds is 2. The molecule has 1 unspecified atom stereocenters. The Balaban J connectivity index is 1.93. The van der Waals surface area contributed by atoms with Gasteiger partial charge in [0, 0.05) is 5.92 Å². The molecule has 0 aromatic heterocycles. The van der Waals surface area contributed by atoms with E-state index in [1.807, 2.05) is 25.1 Å². The number of hydrogen-bond donors (Lipinski definition) is 0. The number of Topliss-reactive ketones (excluding diaryl/α,β-unsaturated/α-hetero) is 1. The van der Waals surface area contributed by atoms with Crippen LogP contribution in [0.2, 0.25) is 0 Å². The van der Waals surface area contributed by atoms with Gasteiger partial charge in [-0.25, -0.2) is 0 Å². The Bertz CT molecular complexity index is 539. The molecule has 0 N–H and O–H groups in total. The second kappa shape index (κ2) is 5.74. The van der Waals surface area contributed by atoms with Crippen LogP contribution in [0.4, 0.5) is 0 Å². The van der Waals surface area contributed by atoms with Gasteiger partial charge in [0.2, 0.25) is 0 Å². The molecule has 0 bridgehead atoms. The third kappa shape index (κ3) is 2.56. The number of hydrogen-bond acceptors (Lipinski definition) is 3. The standard InChI is InChI=1S/C18H23NO2/c1-14-17(20)15(2)21-19(13-16-9-5-3-6-10-16)18(14)11-7-4-8-12-18/h3,5-7,9-11,14-15H,4,8,12-13H2,1-2H3/t14-,15+,18?/m0/s1. The van der Waals surface area contributed by atoms with Gasteiger partial charge in [0.15, 0.2) is 5.78 Å². The number of ketones is 1. The molecule has 1 fully saturated rings. The maximum atomic E-state index is 12.4. The van der Waals surface area contributed by atoms with Crippen LogP contribution in [-0.4, -0.2) is 22.5 Å². The summed E-state index contributed by atoms with van der Waals surface area (Å²) in [6.07, 6.45) is 7.23. The molecule has 112 valence electrons. The van der Waals surface area contributed by atoms with Gasteiger partial charge in [-0.2, -0.15) is 5.06 Å². The van der Waals surface area contributed by atoms with Crippen molar-refractivity contribution in [1.82, 2.24) is 5.06 Å². The van der Waals surface area contributed by atoms with Crippen molar-refractivity contribution < 1.29 is 9.63 Å². The number of carbonyl (C=O) groups excluding carboxylic acids is 1. The van der Waals surface area contributed by atoms with Crippen LogP contribution in [-0.2, 0) is 16.2 Å². The van der Waals surface area contributed by atoms with Crippen molar-refractivity contribution in [3.8, 4) is 0 Å². The highest BCUT2D eigenvalue weighted by atomic mass is 16.7. The molecule has 3 atom stereocenters. The zero-order valence-electron chi connectivity index (χ0n) is 12.8. The molecule has 1 aromatic carbocycles. The Hall–Kier alpha value is -1.45. The predicted molar refractivity (Wildman–Crippen MR) is 82.4 cm³/mol. The van der Waals surface area contributed by atoms with E-state index in [0.717, 1.165) is 19.3 Å². The van der Waals surface area contributed by atoms with Crippen LogP contribution in [0.1, 0.15) is 38.7 Å². The zero-order valence-corrected chi connectivity index (χ0v) is 12.8. The third-order valence-corrected chi connectivity index (χ3v) is 4.85. The summed E-state index contributed by atoms with van der Waals surface area (Å²) in [7, 11) is 0. The fourth-order valence-corrected chi connectivity index (χ4v) is 3.53. The van der Waals surface area contributed by atoms with Crippen molar-refractivity contribution in [1.29, 1.82) is 0 Å². The van der Waals surface area contributed by atoms with Crippen molar-refractivity contribution in [2.24, 2.45) is 5.92 Å². The molecular weight excluding hydrogens is 262 g/mol. The molecule has 3 nitrogen and oxygen atoms in total. The second-order valence-electron chi connectivity index (χ2n) is 6.18. The SMILES string of the molecule is C[C@H]1ON(Cc2ccccc2)C2(C=CCCC2)[C@@H](C)C1=O. The minimum atomic E-state index is -0.357. The Kier molecular flexibility index (Phi) is 3.96. The molecular formula is C18H23NO2. The molecule has 21 heavy (non-hydrogen) atoms. The van der Waals surface area contributed by atoms with Crippen molar-refractivity contribution in [2.45, 2.75) is 51.3 Å². The number of hydroxylamine groups is 2. The topological polar surface area (TPSA) is 29.5 Å². The first-order valence-corrected chi connectivity index (χ1v) is 7.83. The Morgan fingerprint density at radius 2 is 2.05 bits per heavy atom. The molecule has 1 aliphatic carbocycles. The van der Waals surface area contributed by atoms with Gasteiger partial charge in [0.1, 0.15) is 6.10 Å². The highest BCUT2D eigenvalue weighted by Gasteiger charge is 2.50. The van der Waals surface area contributed by atoms with Crippen molar-refractivity contribution >= 4 is 5.78 Å². The Morgan fingerprint density at radius 3 is 2.71 bits per heavy atom. The normalized spacial score (nSPS) is 33.5. The summed E-state index contributed by atoms with van der Waals surface area (Å²) in [5.74, 6) is 0.187. The fraction of sp³-hybridized carbons (Fsp3) is 0.500. The first-order valence-electron chi connectivity index (χ1n) is 7.83. The van der Waals surface area contributed by atoms with Crippen molar-refractivity contribution in [3.63, 3.8) is 0 Å². The van der Waals surface area contributed by atoms with E-state index in [4.69, 9.17) is 4.84 Å². The molecule has 1 aromatic rings. The highest BCUT2D eigenvalue weighted by Crippen LogP contribution is 2.41. The maximum Gasteiger partial charge on any atom is 0.168 e. The van der Waals surface area contributed by atoms with E-state index in [2.05, 4.69) is 36.3 Å². The molecule has 1 saturated heterocycles. The number of nitrogens with zero attached hydrogens (tertiary/aromatic N) is 1. The van der Waals surface area contributed by atoms with Gasteiger partial charge >= 0.3 is 0 Å². The van der Waals surface area contributed by atoms with Gasteiger partial charge in [-0.3, -0.25) is 9.63 Å². The van der Waals surface area contributed by atoms with Crippen LogP contribution in [0.25, 0.3) is 0 Å². The largest absolute Gasteiger partial charge is 0.296 e. The quantitative estimate of drug-likeness (QED) is 0.779. The summed E-state index contributed by atoms with van der Waals surface area (Å²) >= 11 is 0. The number of allylic oxidation sites excluding steroid dienone is 1. The lowest BCUT2D eigenvalue weighted by Gasteiger charge is -2.50. The Labute approximate surface area is 126 Å². The summed E-state index contributed by atoms with van der Waals surface area (Å²) in [5.41, 5.74) is 0.933. The summed E-state index contributed by atoms with van der Waals surface area (Å²) in [6, 6.07) is 10.3. The van der Waals surface area contributed by atoms with Gasteiger partial charge in [-0.15, -0.1) is 0 Å². The molecule has 3 rings (SSSR count). The first kappa shape index (κ1) is 14.5. The molecule has 0 saturated carbocycles. The molecule has 1 aliphatic heterocycles. The van der Waals surface area contributed by atoms with Crippen LogP contribution in [0.3, 0.4) is 0 Å². The monoisotopic (exact) mass is 285 g/mol. The molecule has 0 radical (unpaired) electrons. The first-order chi connectivity index (χ1) is 10.1. The minimum Gasteiger partial charge on any atom is -0.296 e. The lowest BCUT2D eigenvalue weighted by molar-refractivity contribution is -0.273. The smallest absolute Gasteiger partial charge is 0.168 e. The predicted octanol–water partition coefficient (Wildman–Crippen LogP) is 3.51. The van der Waals surface area contributed by atoms with Crippen LogP contribution >= 0.6 is 0 Å². The lowest BCUT2D eigenvalue weighted by Crippen LogP contribution is -2.61. The van der Waals surface area contributed by atoms with Crippen LogP contribution in [0, 0.1) is 5.92 Å². The average Bonchev–Trinajstić information content (AvgIpc) is 2.53. The van der Waals surface area contributed by atoms with Crippen molar-refractivity contribution in [2.75, 3.05) is 0 Å². The van der Waals surface area contributed by atoms with Gasteiger partial charge in [0.25, 0.3) is 0 Å². The summed E-state index contributed by atoms with van der Waals surface area (Å²) in [4.78, 5) is 18.4. The van der Waals surface area contributed by atoms with Gasteiger partial charge in [-0.1, -0.05) is 49.4 Å². The summed E-state index contributed by atoms with van der Waals surface area (Å²) in [6.45, 7) is 4.62. The number of carbonyl (C=O) groups is 1. The van der Waals surface area contributed by atoms with Crippen LogP contribution < -0.4 is 0 Å². The third-order valence-electron chi connectivity index (χ3n) is 4.85. The van der Waals surface area contributed by atoms with E-state index in [-0.39, 0.29) is 23.3 Å². The fourth-order valence-electron chi connectivity index (χ4n) is 3.53. The highest BCUT2D eigenvalue weighted by molar-refractivity contribution is 5.87. The molecule has 1 spiro atoms. The zero-order chi connectivity index (χ0) is 14.9. The second-order valence-corrected chi connectivity index (χ2v) is 6.18.